The van der Waals surface area contributed by atoms with Crippen molar-refractivity contribution in [1.82, 2.24) is 0 Å². The van der Waals surface area contributed by atoms with Crippen molar-refractivity contribution in [2.45, 2.75) is 90.9 Å². The quantitative estimate of drug-likeness (QED) is 0.256. The van der Waals surface area contributed by atoms with Crippen LogP contribution in [0.25, 0.3) is 0 Å². The molecule has 1 fully saturated rings. The molecule has 1 aliphatic carbocycles. The molecule has 4 unspecified atom stereocenters. The Balaban J connectivity index is 2.39. The van der Waals surface area contributed by atoms with E-state index >= 15 is 0 Å². The van der Waals surface area contributed by atoms with Crippen molar-refractivity contribution in [1.29, 1.82) is 0 Å². The average Bonchev–Trinajstić information content (AvgIpc) is 2.69. The van der Waals surface area contributed by atoms with E-state index in [0.29, 0.717) is 12.0 Å². The molecule has 0 bridgehead atoms. The fourth-order valence-electron chi connectivity index (χ4n) is 5.56. The molecular weight excluding hydrogens is 388 g/mol. The number of hydrogen-bond acceptors (Lipinski definition) is 4. The molecule has 0 aromatic heterocycles. The van der Waals surface area contributed by atoms with Gasteiger partial charge in [0.05, 0.1) is 13.0 Å². The molecule has 0 aliphatic heterocycles. The lowest BCUT2D eigenvalue weighted by Gasteiger charge is -2.41. The molecule has 174 valence electrons. The third kappa shape index (κ3) is 5.84. The maximum atomic E-state index is 12.3. The zero-order valence-corrected chi connectivity index (χ0v) is 20.3. The molecule has 4 nitrogen and oxygen atoms in total. The Labute approximate surface area is 188 Å². The predicted octanol–water partition coefficient (Wildman–Crippen LogP) is 6.84. The van der Waals surface area contributed by atoms with E-state index < -0.39 is 0 Å². The van der Waals surface area contributed by atoms with Crippen molar-refractivity contribution in [3.05, 3.63) is 35.4 Å². The minimum absolute atomic E-state index is 0.0885. The number of carbonyl (C=O) groups excluding carboxylic acids is 1. The van der Waals surface area contributed by atoms with E-state index in [1.165, 1.54) is 26.4 Å². The highest BCUT2D eigenvalue weighted by molar-refractivity contribution is 5.72. The third-order valence-corrected chi connectivity index (χ3v) is 7.29. The number of allylic oxidation sites excluding steroid dienone is 1. The first-order valence-electron chi connectivity index (χ1n) is 11.8. The van der Waals surface area contributed by atoms with Gasteiger partial charge in [-0.1, -0.05) is 65.5 Å². The summed E-state index contributed by atoms with van der Waals surface area (Å²) in [6, 6.07) is 3.63. The van der Waals surface area contributed by atoms with Crippen molar-refractivity contribution >= 4 is 5.97 Å². The second kappa shape index (κ2) is 10.6. The lowest BCUT2D eigenvalue weighted by Crippen LogP contribution is -2.34. The zero-order valence-electron chi connectivity index (χ0n) is 20.3. The smallest absolute Gasteiger partial charge is 0.308 e. The van der Waals surface area contributed by atoms with Crippen molar-refractivity contribution in [2.24, 2.45) is 17.8 Å². The molecule has 2 N–H and O–H groups in total. The normalized spacial score (nSPS) is 24.1. The Morgan fingerprint density at radius 3 is 2.29 bits per heavy atom. The van der Waals surface area contributed by atoms with Gasteiger partial charge >= 0.3 is 5.97 Å². The molecule has 1 aliphatic rings. The fourth-order valence-corrected chi connectivity index (χ4v) is 5.56. The summed E-state index contributed by atoms with van der Waals surface area (Å²) in [5.41, 5.74) is 2.37. The number of methoxy groups -OCH3 is 1. The summed E-state index contributed by atoms with van der Waals surface area (Å²) in [6.45, 7) is 14.8. The van der Waals surface area contributed by atoms with Gasteiger partial charge < -0.3 is 14.9 Å². The molecule has 2 rings (SSSR count). The van der Waals surface area contributed by atoms with Crippen LogP contribution in [0.15, 0.2) is 24.3 Å². The number of unbranched alkanes of at least 4 members (excludes halogenated alkanes) is 3. The van der Waals surface area contributed by atoms with Crippen LogP contribution in [0.4, 0.5) is 0 Å². The van der Waals surface area contributed by atoms with Crippen LogP contribution in [0.5, 0.6) is 11.5 Å². The minimum Gasteiger partial charge on any atom is -0.508 e. The van der Waals surface area contributed by atoms with Crippen LogP contribution < -0.4 is 0 Å². The zero-order chi connectivity index (χ0) is 23.3. The largest absolute Gasteiger partial charge is 0.508 e. The molecule has 1 aromatic rings. The maximum absolute atomic E-state index is 12.3. The lowest BCUT2D eigenvalue weighted by atomic mass is 9.63. The average molecular weight is 431 g/mol. The molecule has 4 heteroatoms. The lowest BCUT2D eigenvalue weighted by molar-refractivity contribution is -0.147. The molecule has 0 spiro atoms. The van der Waals surface area contributed by atoms with Gasteiger partial charge in [-0.15, -0.1) is 0 Å². The van der Waals surface area contributed by atoms with E-state index in [-0.39, 0.29) is 46.6 Å². The van der Waals surface area contributed by atoms with E-state index in [0.717, 1.165) is 30.4 Å². The Hall–Kier alpha value is -1.97. The van der Waals surface area contributed by atoms with Crippen molar-refractivity contribution in [2.75, 3.05) is 7.11 Å². The van der Waals surface area contributed by atoms with Crippen LogP contribution in [-0.4, -0.2) is 23.3 Å². The molecular formula is C27H42O4. The first-order chi connectivity index (χ1) is 14.5. The highest BCUT2D eigenvalue weighted by atomic mass is 16.5. The second-order valence-electron chi connectivity index (χ2n) is 10.3. The molecule has 0 radical (unpaired) electrons. The van der Waals surface area contributed by atoms with E-state index in [1.807, 2.05) is 19.1 Å². The number of esters is 1. The number of carbonyl (C=O) groups is 1. The van der Waals surface area contributed by atoms with Crippen LogP contribution in [0.2, 0.25) is 0 Å². The Kier molecular flexibility index (Phi) is 8.62. The van der Waals surface area contributed by atoms with Crippen LogP contribution >= 0.6 is 0 Å². The summed E-state index contributed by atoms with van der Waals surface area (Å²) in [4.78, 5) is 12.3. The Morgan fingerprint density at radius 2 is 1.77 bits per heavy atom. The number of phenols is 2. The van der Waals surface area contributed by atoms with Crippen molar-refractivity contribution in [3.63, 3.8) is 0 Å². The first-order valence-corrected chi connectivity index (χ1v) is 11.8. The van der Waals surface area contributed by atoms with Crippen LogP contribution in [0.1, 0.15) is 96.6 Å². The summed E-state index contributed by atoms with van der Waals surface area (Å²) >= 11 is 0. The van der Waals surface area contributed by atoms with Crippen LogP contribution in [-0.2, 0) is 14.9 Å². The monoisotopic (exact) mass is 430 g/mol. The van der Waals surface area contributed by atoms with Gasteiger partial charge in [-0.2, -0.15) is 0 Å². The van der Waals surface area contributed by atoms with Gasteiger partial charge in [-0.3, -0.25) is 4.79 Å². The standard InChI is InChI=1S/C27H42O4/c1-8-9-10-11-12-27(5,6)20-15-22(28)25(23(29)16-20)21-14-19(26(30)31-7)13-18(4)24(21)17(2)3/h15-16,18-19,21,24,28-29H,2,8-14H2,1,3-7H3. The highest BCUT2D eigenvalue weighted by Crippen LogP contribution is 2.52. The first kappa shape index (κ1) is 25.3. The van der Waals surface area contributed by atoms with Gasteiger partial charge in [0.15, 0.2) is 0 Å². The fraction of sp³-hybridized carbons (Fsp3) is 0.667. The topological polar surface area (TPSA) is 66.8 Å². The molecule has 31 heavy (non-hydrogen) atoms. The number of benzene rings is 1. The van der Waals surface area contributed by atoms with Gasteiger partial charge in [0, 0.05) is 5.56 Å². The summed E-state index contributed by atoms with van der Waals surface area (Å²) in [7, 11) is 1.42. The number of hydrogen-bond donors (Lipinski definition) is 2. The van der Waals surface area contributed by atoms with Gasteiger partial charge in [-0.25, -0.2) is 0 Å². The second-order valence-corrected chi connectivity index (χ2v) is 10.3. The molecule has 0 heterocycles. The molecule has 0 saturated heterocycles. The highest BCUT2D eigenvalue weighted by Gasteiger charge is 2.42. The molecule has 1 saturated carbocycles. The SMILES string of the molecule is C=C(C)C1C(C)CC(C(=O)OC)CC1c1c(O)cc(C(C)(C)CCCCCC)cc1O. The summed E-state index contributed by atoms with van der Waals surface area (Å²) < 4.78 is 5.01. The summed E-state index contributed by atoms with van der Waals surface area (Å²) in [6.07, 6.45) is 7.03. The van der Waals surface area contributed by atoms with E-state index in [9.17, 15) is 15.0 Å². The number of ether oxygens (including phenoxy) is 1. The Morgan fingerprint density at radius 1 is 1.16 bits per heavy atom. The van der Waals surface area contributed by atoms with E-state index in [1.54, 1.807) is 0 Å². The van der Waals surface area contributed by atoms with Gasteiger partial charge in [-0.05, 0) is 67.1 Å². The van der Waals surface area contributed by atoms with Crippen LogP contribution in [0, 0.1) is 17.8 Å². The summed E-state index contributed by atoms with van der Waals surface area (Å²) in [5, 5.41) is 22.1. The van der Waals surface area contributed by atoms with Crippen LogP contribution in [0.3, 0.4) is 0 Å². The number of rotatable bonds is 9. The predicted molar refractivity (Wildman–Crippen MR) is 127 cm³/mol. The number of aromatic hydroxyl groups is 2. The van der Waals surface area contributed by atoms with Gasteiger partial charge in [0.1, 0.15) is 11.5 Å². The molecule has 4 atom stereocenters. The minimum atomic E-state index is -0.242. The van der Waals surface area contributed by atoms with Crippen molar-refractivity contribution < 1.29 is 19.7 Å². The van der Waals surface area contributed by atoms with E-state index in [2.05, 4.69) is 34.3 Å². The van der Waals surface area contributed by atoms with Gasteiger partial charge in [0.2, 0.25) is 0 Å². The molecule has 0 amide bonds. The summed E-state index contributed by atoms with van der Waals surface area (Å²) in [5.74, 6) is -0.113. The Bertz CT molecular complexity index is 756. The maximum Gasteiger partial charge on any atom is 0.308 e. The third-order valence-electron chi connectivity index (χ3n) is 7.29. The van der Waals surface area contributed by atoms with Gasteiger partial charge in [0.25, 0.3) is 0 Å². The van der Waals surface area contributed by atoms with Crippen molar-refractivity contribution in [3.8, 4) is 11.5 Å². The number of phenolic OH excluding ortho intramolecular Hbond substituents is 2. The molecule has 1 aromatic carbocycles. The van der Waals surface area contributed by atoms with E-state index in [4.69, 9.17) is 4.74 Å².